The quantitative estimate of drug-likeness (QED) is 0.500. The number of hydrogen-bond donors (Lipinski definition) is 3. The van der Waals surface area contributed by atoms with E-state index in [0.29, 0.717) is 0 Å². The zero-order valence-corrected chi connectivity index (χ0v) is 18.5. The van der Waals surface area contributed by atoms with Gasteiger partial charge in [0.1, 0.15) is 6.04 Å². The number of aliphatic hydroxyl groups excluding tert-OH is 1. The molecule has 2 aromatic heterocycles. The molecule has 0 unspecified atom stereocenters. The van der Waals surface area contributed by atoms with E-state index in [4.69, 9.17) is 0 Å². The van der Waals surface area contributed by atoms with Crippen LogP contribution in [-0.2, 0) is 9.59 Å². The molecule has 0 bridgehead atoms. The summed E-state index contributed by atoms with van der Waals surface area (Å²) >= 11 is 0. The lowest BCUT2D eigenvalue weighted by molar-refractivity contribution is -0.141. The lowest BCUT2D eigenvalue weighted by atomic mass is 9.87. The van der Waals surface area contributed by atoms with E-state index in [2.05, 4.69) is 10.3 Å². The molecule has 1 aromatic carbocycles. The van der Waals surface area contributed by atoms with Gasteiger partial charge in [0.15, 0.2) is 0 Å². The van der Waals surface area contributed by atoms with Crippen LogP contribution in [0.3, 0.4) is 0 Å². The van der Waals surface area contributed by atoms with Gasteiger partial charge in [0.25, 0.3) is 0 Å². The van der Waals surface area contributed by atoms with Crippen molar-refractivity contribution in [1.82, 2.24) is 14.9 Å². The number of aliphatic hydroxyl groups is 1. The fraction of sp³-hybridized carbons (Fsp3) is 0.320. The molecule has 168 valence electrons. The van der Waals surface area contributed by atoms with Gasteiger partial charge in [-0.1, -0.05) is 45.0 Å². The van der Waals surface area contributed by atoms with Gasteiger partial charge in [-0.25, -0.2) is 0 Å². The number of nitrogens with zero attached hydrogens (tertiary/aromatic N) is 2. The highest BCUT2D eigenvalue weighted by Crippen LogP contribution is 2.27. The average Bonchev–Trinajstić information content (AvgIpc) is 3.25. The van der Waals surface area contributed by atoms with Crippen LogP contribution in [0.4, 0.5) is 0 Å². The van der Waals surface area contributed by atoms with E-state index >= 15 is 0 Å². The first-order chi connectivity index (χ1) is 15.2. The highest BCUT2D eigenvalue weighted by atomic mass is 16.4. The maximum absolute atomic E-state index is 12.9. The Morgan fingerprint density at radius 3 is 2.06 bits per heavy atom. The third-order valence-electron chi connectivity index (χ3n) is 5.52. The van der Waals surface area contributed by atoms with E-state index < -0.39 is 24.0 Å². The first-order valence-corrected chi connectivity index (χ1v) is 10.5. The van der Waals surface area contributed by atoms with Gasteiger partial charge in [-0.2, -0.15) is 0 Å². The van der Waals surface area contributed by atoms with E-state index in [1.54, 1.807) is 29.4 Å². The molecule has 0 fully saturated rings. The van der Waals surface area contributed by atoms with Crippen LogP contribution in [0.2, 0.25) is 0 Å². The Balaban J connectivity index is 1.82. The van der Waals surface area contributed by atoms with E-state index in [0.717, 1.165) is 22.3 Å². The van der Waals surface area contributed by atoms with Crippen molar-refractivity contribution in [2.24, 2.45) is 5.41 Å². The van der Waals surface area contributed by atoms with Crippen molar-refractivity contribution in [3.63, 3.8) is 0 Å². The summed E-state index contributed by atoms with van der Waals surface area (Å²) in [4.78, 5) is 28.4. The van der Waals surface area contributed by atoms with Gasteiger partial charge in [0.05, 0.1) is 19.1 Å². The molecular weight excluding hydrogens is 406 g/mol. The second-order valence-corrected chi connectivity index (χ2v) is 8.88. The van der Waals surface area contributed by atoms with Crippen LogP contribution < -0.4 is 5.32 Å². The van der Waals surface area contributed by atoms with Gasteiger partial charge < -0.3 is 20.1 Å². The Kier molecular flexibility index (Phi) is 7.10. The van der Waals surface area contributed by atoms with E-state index in [1.807, 2.05) is 63.2 Å². The molecule has 0 spiro atoms. The number of carbonyl (C=O) groups is 2. The lowest BCUT2D eigenvalue weighted by Crippen LogP contribution is -2.48. The Bertz CT molecular complexity index is 1050. The zero-order valence-electron chi connectivity index (χ0n) is 18.5. The number of aliphatic carboxylic acids is 1. The van der Waals surface area contributed by atoms with Crippen LogP contribution in [0.1, 0.15) is 33.2 Å². The van der Waals surface area contributed by atoms with Crippen LogP contribution in [0, 0.1) is 5.41 Å². The summed E-state index contributed by atoms with van der Waals surface area (Å²) in [6.07, 6.45) is 6.63. The first kappa shape index (κ1) is 23.2. The molecule has 0 aliphatic carbocycles. The van der Waals surface area contributed by atoms with Gasteiger partial charge in [-0.15, -0.1) is 0 Å². The molecule has 2 heterocycles. The Morgan fingerprint density at radius 1 is 0.969 bits per heavy atom. The number of aromatic nitrogens is 2. The SMILES string of the molecule is CC(C)(C)[C@@H](CO)NC(=O)[C@@H](CC(=O)O)n1ccc(-c2ccc(-c3ccncc3)cc2)c1. The summed E-state index contributed by atoms with van der Waals surface area (Å²) in [7, 11) is 0. The molecule has 0 aliphatic heterocycles. The summed E-state index contributed by atoms with van der Waals surface area (Å²) in [5.74, 6) is -1.50. The van der Waals surface area contributed by atoms with Crippen molar-refractivity contribution in [3.8, 4) is 22.3 Å². The van der Waals surface area contributed by atoms with Crippen LogP contribution >= 0.6 is 0 Å². The molecular formula is C25H29N3O4. The molecule has 7 nitrogen and oxygen atoms in total. The predicted octanol–water partition coefficient (Wildman–Crippen LogP) is 3.76. The van der Waals surface area contributed by atoms with E-state index in [9.17, 15) is 19.8 Å². The van der Waals surface area contributed by atoms with Crippen LogP contribution in [0.25, 0.3) is 22.3 Å². The Hall–Kier alpha value is -3.45. The number of hydrogen-bond acceptors (Lipinski definition) is 4. The van der Waals surface area contributed by atoms with Gasteiger partial charge >= 0.3 is 5.97 Å². The van der Waals surface area contributed by atoms with Crippen LogP contribution in [0.15, 0.2) is 67.3 Å². The van der Waals surface area contributed by atoms with Gasteiger partial charge in [0.2, 0.25) is 5.91 Å². The fourth-order valence-electron chi connectivity index (χ4n) is 3.48. The zero-order chi connectivity index (χ0) is 23.3. The normalized spacial score (nSPS) is 13.4. The fourth-order valence-corrected chi connectivity index (χ4v) is 3.48. The maximum atomic E-state index is 12.9. The van der Waals surface area contributed by atoms with Crippen molar-refractivity contribution in [2.75, 3.05) is 6.61 Å². The van der Waals surface area contributed by atoms with Gasteiger partial charge in [-0.3, -0.25) is 14.6 Å². The minimum Gasteiger partial charge on any atom is -0.481 e. The average molecular weight is 436 g/mol. The number of carboxylic acid groups (broad SMARTS) is 1. The minimum absolute atomic E-state index is 0.226. The van der Waals surface area contributed by atoms with Crippen LogP contribution in [-0.4, -0.2) is 44.3 Å². The minimum atomic E-state index is -1.07. The summed E-state index contributed by atoms with van der Waals surface area (Å²) in [6, 6.07) is 12.3. The molecule has 32 heavy (non-hydrogen) atoms. The number of amides is 1. The molecule has 2 atom stereocenters. The molecule has 7 heteroatoms. The third-order valence-corrected chi connectivity index (χ3v) is 5.52. The third kappa shape index (κ3) is 5.62. The molecule has 0 saturated heterocycles. The van der Waals surface area contributed by atoms with Crippen molar-refractivity contribution in [1.29, 1.82) is 0 Å². The molecule has 3 N–H and O–H groups in total. The van der Waals surface area contributed by atoms with Gasteiger partial charge in [-0.05, 0) is 45.9 Å². The van der Waals surface area contributed by atoms with Crippen molar-refractivity contribution >= 4 is 11.9 Å². The summed E-state index contributed by atoms with van der Waals surface area (Å²) in [6.45, 7) is 5.49. The molecule has 1 amide bonds. The smallest absolute Gasteiger partial charge is 0.306 e. The molecule has 0 saturated carbocycles. The number of pyridine rings is 1. The van der Waals surface area contributed by atoms with Crippen molar-refractivity contribution in [2.45, 2.75) is 39.3 Å². The van der Waals surface area contributed by atoms with Gasteiger partial charge in [0, 0.05) is 24.8 Å². The second kappa shape index (κ2) is 9.78. The number of nitrogens with one attached hydrogen (secondary N) is 1. The topological polar surface area (TPSA) is 104 Å². The van der Waals surface area contributed by atoms with Crippen LogP contribution in [0.5, 0.6) is 0 Å². The molecule has 0 aliphatic rings. The summed E-state index contributed by atoms with van der Waals surface area (Å²) in [5, 5.41) is 21.8. The molecule has 3 rings (SSSR count). The molecule has 0 radical (unpaired) electrons. The number of rotatable bonds is 8. The highest BCUT2D eigenvalue weighted by Gasteiger charge is 2.30. The number of carboxylic acids is 1. The first-order valence-electron chi connectivity index (χ1n) is 10.5. The number of carbonyl (C=O) groups excluding carboxylic acids is 1. The number of benzene rings is 1. The summed E-state index contributed by atoms with van der Waals surface area (Å²) < 4.78 is 1.62. The standard InChI is InChI=1S/C25H29N3O4/c1-25(2,3)22(16-29)27-24(32)21(14-23(30)31)28-13-10-20(15-28)18-6-4-17(5-7-18)19-8-11-26-12-9-19/h4-13,15,21-22,29H,14,16H2,1-3H3,(H,27,32)(H,30,31)/t21-,22-/m1/s1. The van der Waals surface area contributed by atoms with Crippen molar-refractivity contribution in [3.05, 3.63) is 67.3 Å². The largest absolute Gasteiger partial charge is 0.481 e. The summed E-state index contributed by atoms with van der Waals surface area (Å²) in [5.41, 5.74) is 3.61. The Labute approximate surface area is 187 Å². The van der Waals surface area contributed by atoms with E-state index in [-0.39, 0.29) is 18.4 Å². The molecule has 3 aromatic rings. The Morgan fingerprint density at radius 2 is 1.53 bits per heavy atom. The maximum Gasteiger partial charge on any atom is 0.306 e. The van der Waals surface area contributed by atoms with Crippen molar-refractivity contribution < 1.29 is 19.8 Å². The highest BCUT2D eigenvalue weighted by molar-refractivity contribution is 5.85. The monoisotopic (exact) mass is 435 g/mol. The lowest BCUT2D eigenvalue weighted by Gasteiger charge is -2.31. The second-order valence-electron chi connectivity index (χ2n) is 8.88. The predicted molar refractivity (Wildman–Crippen MR) is 123 cm³/mol. The van der Waals surface area contributed by atoms with E-state index in [1.165, 1.54) is 0 Å².